The minimum Gasteiger partial charge on any atom is -0.320 e. The van der Waals surface area contributed by atoms with E-state index in [9.17, 15) is 4.79 Å². The van der Waals surface area contributed by atoms with Crippen molar-refractivity contribution in [1.29, 1.82) is 0 Å². The fourth-order valence-electron chi connectivity index (χ4n) is 3.28. The van der Waals surface area contributed by atoms with Gasteiger partial charge in [-0.1, -0.05) is 24.3 Å². The average molecular weight is 411 g/mol. The first-order chi connectivity index (χ1) is 14.7. The molecule has 0 spiro atoms. The Bertz CT molecular complexity index is 1360. The third kappa shape index (κ3) is 3.35. The summed E-state index contributed by atoms with van der Waals surface area (Å²) in [6, 6.07) is 17.5. The van der Waals surface area contributed by atoms with Crippen molar-refractivity contribution in [3.05, 3.63) is 89.8 Å². The van der Waals surface area contributed by atoms with Crippen molar-refractivity contribution < 1.29 is 4.79 Å². The number of benzene rings is 2. The summed E-state index contributed by atoms with van der Waals surface area (Å²) in [6.45, 7) is 2.00. The Morgan fingerprint density at radius 3 is 2.80 bits per heavy atom. The molecule has 2 aromatic carbocycles. The topological polar surface area (TPSA) is 72.7 Å². The van der Waals surface area contributed by atoms with Gasteiger partial charge in [-0.15, -0.1) is 11.3 Å². The van der Waals surface area contributed by atoms with E-state index in [-0.39, 0.29) is 5.91 Å². The summed E-state index contributed by atoms with van der Waals surface area (Å²) in [5, 5.41) is 10.8. The minimum absolute atomic E-state index is 0.248. The van der Waals surface area contributed by atoms with Crippen LogP contribution in [0.4, 0.5) is 5.69 Å². The second-order valence-corrected chi connectivity index (χ2v) is 7.69. The molecule has 0 radical (unpaired) electrons. The van der Waals surface area contributed by atoms with E-state index in [0.717, 1.165) is 38.4 Å². The number of pyridine rings is 1. The summed E-state index contributed by atoms with van der Waals surface area (Å²) < 4.78 is 1.79. The molecule has 0 aliphatic rings. The number of nitrogens with one attached hydrogen (secondary N) is 1. The zero-order chi connectivity index (χ0) is 20.5. The largest absolute Gasteiger partial charge is 0.320 e. The van der Waals surface area contributed by atoms with Crippen LogP contribution in [0.3, 0.4) is 0 Å². The number of amides is 1. The van der Waals surface area contributed by atoms with Crippen LogP contribution < -0.4 is 5.32 Å². The van der Waals surface area contributed by atoms with Gasteiger partial charge in [0, 0.05) is 28.7 Å². The first-order valence-electron chi connectivity index (χ1n) is 9.41. The molecule has 30 heavy (non-hydrogen) atoms. The number of aryl methyl sites for hydroxylation is 1. The summed E-state index contributed by atoms with van der Waals surface area (Å²) >= 11 is 1.42. The normalized spacial score (nSPS) is 11.0. The van der Waals surface area contributed by atoms with Gasteiger partial charge in [0.05, 0.1) is 23.1 Å². The summed E-state index contributed by atoms with van der Waals surface area (Å²) in [6.07, 6.45) is 5.42. The van der Waals surface area contributed by atoms with Crippen LogP contribution in [0.5, 0.6) is 0 Å². The molecule has 5 rings (SSSR count). The lowest BCUT2D eigenvalue weighted by Crippen LogP contribution is -2.12. The molecular formula is C23H17N5OS. The van der Waals surface area contributed by atoms with Crippen molar-refractivity contribution in [2.24, 2.45) is 0 Å². The van der Waals surface area contributed by atoms with Gasteiger partial charge >= 0.3 is 0 Å². The molecule has 6 nitrogen and oxygen atoms in total. The summed E-state index contributed by atoms with van der Waals surface area (Å²) in [5.41, 5.74) is 4.88. The highest BCUT2D eigenvalue weighted by Gasteiger charge is 2.15. The van der Waals surface area contributed by atoms with Crippen molar-refractivity contribution in [3.63, 3.8) is 0 Å². The Labute approximate surface area is 176 Å². The molecule has 1 amide bonds. The van der Waals surface area contributed by atoms with E-state index < -0.39 is 0 Å². The van der Waals surface area contributed by atoms with Crippen molar-refractivity contribution in [1.82, 2.24) is 19.7 Å². The van der Waals surface area contributed by atoms with Crippen molar-refractivity contribution in [2.45, 2.75) is 6.92 Å². The molecule has 0 atom stereocenters. The summed E-state index contributed by atoms with van der Waals surface area (Å²) in [4.78, 5) is 21.7. The van der Waals surface area contributed by atoms with E-state index in [1.807, 2.05) is 67.7 Å². The molecule has 3 heterocycles. The van der Waals surface area contributed by atoms with E-state index >= 15 is 0 Å². The number of thiazole rings is 1. The molecule has 0 saturated carbocycles. The summed E-state index contributed by atoms with van der Waals surface area (Å²) in [5.74, 6) is -0.248. The van der Waals surface area contributed by atoms with Crippen molar-refractivity contribution in [3.8, 4) is 16.3 Å². The maximum absolute atomic E-state index is 12.8. The highest BCUT2D eigenvalue weighted by Crippen LogP contribution is 2.27. The molecule has 3 aromatic heterocycles. The number of para-hydroxylation sites is 1. The maximum Gasteiger partial charge on any atom is 0.275 e. The Morgan fingerprint density at radius 1 is 1.07 bits per heavy atom. The number of aromatic nitrogens is 4. The van der Waals surface area contributed by atoms with Crippen LogP contribution in [-0.2, 0) is 0 Å². The smallest absolute Gasteiger partial charge is 0.275 e. The molecule has 0 bridgehead atoms. The molecule has 0 saturated heterocycles. The van der Waals surface area contributed by atoms with Gasteiger partial charge in [0.15, 0.2) is 0 Å². The standard InChI is InChI=1S/C23H17N5OS/c1-15-9-10-19(18-8-5-11-24-21(15)18)26-22(29)20-14-30-23(27-20)16-12-25-28(13-16)17-6-3-2-4-7-17/h2-14H,1H3,(H,26,29). The molecule has 0 fully saturated rings. The summed E-state index contributed by atoms with van der Waals surface area (Å²) in [7, 11) is 0. The maximum atomic E-state index is 12.8. The lowest BCUT2D eigenvalue weighted by atomic mass is 10.1. The SMILES string of the molecule is Cc1ccc(NC(=O)c2csc(-c3cnn(-c4ccccc4)c3)n2)c2cccnc12. The zero-order valence-electron chi connectivity index (χ0n) is 16.1. The monoisotopic (exact) mass is 411 g/mol. The molecule has 7 heteroatoms. The number of rotatable bonds is 4. The van der Waals surface area contributed by atoms with E-state index in [0.29, 0.717) is 5.69 Å². The molecule has 0 unspecified atom stereocenters. The number of hydrogen-bond donors (Lipinski definition) is 1. The molecule has 0 aliphatic heterocycles. The van der Waals surface area contributed by atoms with Crippen LogP contribution in [0.2, 0.25) is 0 Å². The number of carbonyl (C=O) groups is 1. The van der Waals surface area contributed by atoms with E-state index in [1.54, 1.807) is 22.5 Å². The molecular weight excluding hydrogens is 394 g/mol. The van der Waals surface area contributed by atoms with E-state index in [2.05, 4.69) is 20.4 Å². The van der Waals surface area contributed by atoms with Crippen LogP contribution in [0, 0.1) is 6.92 Å². The first kappa shape index (κ1) is 18.2. The van der Waals surface area contributed by atoms with Gasteiger partial charge in [-0.25, -0.2) is 9.67 Å². The predicted octanol–water partition coefficient (Wildman–Crippen LogP) is 5.10. The number of fused-ring (bicyclic) bond motifs is 1. The third-order valence-corrected chi connectivity index (χ3v) is 5.70. The van der Waals surface area contributed by atoms with Gasteiger partial charge in [-0.2, -0.15) is 5.10 Å². The molecule has 146 valence electrons. The number of anilines is 1. The van der Waals surface area contributed by atoms with E-state index in [4.69, 9.17) is 0 Å². The minimum atomic E-state index is -0.248. The van der Waals surface area contributed by atoms with Gasteiger partial charge in [0.1, 0.15) is 10.7 Å². The number of nitrogens with zero attached hydrogens (tertiary/aromatic N) is 4. The molecule has 0 aliphatic carbocycles. The molecule has 5 aromatic rings. The van der Waals surface area contributed by atoms with Gasteiger partial charge in [0.2, 0.25) is 0 Å². The Morgan fingerprint density at radius 2 is 1.93 bits per heavy atom. The Kier molecular flexibility index (Phi) is 4.57. The van der Waals surface area contributed by atoms with Gasteiger partial charge in [0.25, 0.3) is 5.91 Å². The second kappa shape index (κ2) is 7.53. The predicted molar refractivity (Wildman–Crippen MR) is 119 cm³/mol. The highest BCUT2D eigenvalue weighted by atomic mass is 32.1. The van der Waals surface area contributed by atoms with Crippen LogP contribution in [0.1, 0.15) is 16.1 Å². The molecule has 1 N–H and O–H groups in total. The fourth-order valence-corrected chi connectivity index (χ4v) is 4.05. The van der Waals surface area contributed by atoms with Crippen LogP contribution >= 0.6 is 11.3 Å². The van der Waals surface area contributed by atoms with Crippen molar-refractivity contribution >= 4 is 33.8 Å². The second-order valence-electron chi connectivity index (χ2n) is 6.83. The lowest BCUT2D eigenvalue weighted by molar-refractivity contribution is 0.102. The Balaban J connectivity index is 1.39. The number of carbonyl (C=O) groups excluding carboxylic acids is 1. The average Bonchev–Trinajstić information content (AvgIpc) is 3.46. The third-order valence-electron chi connectivity index (χ3n) is 4.81. The van der Waals surface area contributed by atoms with Gasteiger partial charge in [-0.3, -0.25) is 9.78 Å². The zero-order valence-corrected chi connectivity index (χ0v) is 16.9. The lowest BCUT2D eigenvalue weighted by Gasteiger charge is -2.09. The fraction of sp³-hybridized carbons (Fsp3) is 0.0435. The van der Waals surface area contributed by atoms with Crippen LogP contribution in [0.15, 0.2) is 78.6 Å². The van der Waals surface area contributed by atoms with Crippen LogP contribution in [-0.4, -0.2) is 25.7 Å². The van der Waals surface area contributed by atoms with E-state index in [1.165, 1.54) is 11.3 Å². The first-order valence-corrected chi connectivity index (χ1v) is 10.3. The van der Waals surface area contributed by atoms with Gasteiger partial charge < -0.3 is 5.32 Å². The van der Waals surface area contributed by atoms with Crippen molar-refractivity contribution in [2.75, 3.05) is 5.32 Å². The highest BCUT2D eigenvalue weighted by molar-refractivity contribution is 7.13. The Hall–Kier alpha value is -3.84. The number of hydrogen-bond acceptors (Lipinski definition) is 5. The quantitative estimate of drug-likeness (QED) is 0.446. The van der Waals surface area contributed by atoms with Crippen LogP contribution in [0.25, 0.3) is 27.2 Å². The van der Waals surface area contributed by atoms with Gasteiger partial charge in [-0.05, 0) is 42.8 Å².